The molecule has 1 saturated heterocycles. The molecular weight excluding hydrogens is 397 g/mol. The predicted octanol–water partition coefficient (Wildman–Crippen LogP) is 4.09. The van der Waals surface area contributed by atoms with Gasteiger partial charge < -0.3 is 19.7 Å². The number of furan rings is 1. The molecule has 31 heavy (non-hydrogen) atoms. The number of piperidine rings is 1. The van der Waals surface area contributed by atoms with Crippen LogP contribution < -0.4 is 10.2 Å². The van der Waals surface area contributed by atoms with Crippen LogP contribution in [0.25, 0.3) is 33.6 Å². The highest BCUT2D eigenvalue weighted by molar-refractivity contribution is 6.06. The van der Waals surface area contributed by atoms with Crippen LogP contribution in [0.4, 0.5) is 16.0 Å². The van der Waals surface area contributed by atoms with E-state index in [0.29, 0.717) is 37.4 Å². The van der Waals surface area contributed by atoms with Gasteiger partial charge in [-0.1, -0.05) is 12.1 Å². The maximum atomic E-state index is 13.7. The van der Waals surface area contributed by atoms with Crippen LogP contribution in [0.5, 0.6) is 0 Å². The minimum Gasteiger partial charge on any atom is -0.437 e. The van der Waals surface area contributed by atoms with Crippen molar-refractivity contribution in [1.82, 2.24) is 15.0 Å². The van der Waals surface area contributed by atoms with E-state index in [1.807, 2.05) is 19.2 Å². The number of halogens is 1. The van der Waals surface area contributed by atoms with Gasteiger partial charge in [-0.2, -0.15) is 0 Å². The molecule has 2 N–H and O–H groups in total. The first-order chi connectivity index (χ1) is 15.1. The second kappa shape index (κ2) is 7.96. The minimum atomic E-state index is -0.306. The zero-order chi connectivity index (χ0) is 21.4. The summed E-state index contributed by atoms with van der Waals surface area (Å²) in [7, 11) is 1.81. The molecule has 0 saturated carbocycles. The lowest BCUT2D eigenvalue weighted by Gasteiger charge is -2.30. The Kier molecular flexibility index (Phi) is 4.99. The lowest BCUT2D eigenvalue weighted by atomic mass is 9.99. The van der Waals surface area contributed by atoms with Crippen LogP contribution in [-0.2, 0) is 0 Å². The summed E-state index contributed by atoms with van der Waals surface area (Å²) in [4.78, 5) is 15.5. The first-order valence-corrected chi connectivity index (χ1v) is 10.2. The van der Waals surface area contributed by atoms with Gasteiger partial charge in [0, 0.05) is 37.5 Å². The van der Waals surface area contributed by atoms with Crippen LogP contribution in [0.1, 0.15) is 12.8 Å². The van der Waals surface area contributed by atoms with Crippen LogP contribution in [0, 0.1) is 5.82 Å². The van der Waals surface area contributed by atoms with Gasteiger partial charge in [0.1, 0.15) is 29.5 Å². The van der Waals surface area contributed by atoms with Crippen molar-refractivity contribution in [2.75, 3.05) is 30.4 Å². The highest BCUT2D eigenvalue weighted by Crippen LogP contribution is 2.43. The van der Waals surface area contributed by atoms with Gasteiger partial charge in [0.05, 0.1) is 11.5 Å². The van der Waals surface area contributed by atoms with Gasteiger partial charge >= 0.3 is 0 Å². The van der Waals surface area contributed by atoms with E-state index >= 15 is 0 Å². The van der Waals surface area contributed by atoms with Crippen molar-refractivity contribution in [3.05, 3.63) is 54.7 Å². The molecule has 0 bridgehead atoms. The SMILES string of the molecule is CNc1ccc(-c2oc3ncnc(N4CCC(O)CC4)c3c2-c2ccc(F)cc2)cn1. The number of aliphatic hydroxyl groups excluding tert-OH is 1. The van der Waals surface area contributed by atoms with E-state index in [-0.39, 0.29) is 11.9 Å². The number of anilines is 2. The third-order valence-electron chi connectivity index (χ3n) is 5.65. The lowest BCUT2D eigenvalue weighted by Crippen LogP contribution is -2.36. The van der Waals surface area contributed by atoms with E-state index in [4.69, 9.17) is 4.42 Å². The summed E-state index contributed by atoms with van der Waals surface area (Å²) >= 11 is 0. The summed E-state index contributed by atoms with van der Waals surface area (Å²) < 4.78 is 19.9. The van der Waals surface area contributed by atoms with Crippen molar-refractivity contribution in [3.8, 4) is 22.5 Å². The highest BCUT2D eigenvalue weighted by Gasteiger charge is 2.26. The second-order valence-electron chi connectivity index (χ2n) is 7.59. The van der Waals surface area contributed by atoms with Crippen molar-refractivity contribution in [2.24, 2.45) is 0 Å². The molecule has 4 heterocycles. The number of hydrogen-bond acceptors (Lipinski definition) is 7. The average Bonchev–Trinajstić information content (AvgIpc) is 3.20. The Hall–Kier alpha value is -3.52. The summed E-state index contributed by atoms with van der Waals surface area (Å²) in [5.74, 6) is 1.80. The Bertz CT molecular complexity index is 1200. The number of fused-ring (bicyclic) bond motifs is 1. The summed E-state index contributed by atoms with van der Waals surface area (Å²) in [6, 6.07) is 10.1. The summed E-state index contributed by atoms with van der Waals surface area (Å²) in [5.41, 5.74) is 2.86. The van der Waals surface area contributed by atoms with Gasteiger partial charge in [-0.15, -0.1) is 0 Å². The molecular formula is C23H22FN5O2. The number of rotatable bonds is 4. The largest absolute Gasteiger partial charge is 0.437 e. The molecule has 5 rings (SSSR count). The number of nitrogens with one attached hydrogen (secondary N) is 1. The molecule has 0 atom stereocenters. The Labute approximate surface area is 178 Å². The van der Waals surface area contributed by atoms with Crippen molar-refractivity contribution in [2.45, 2.75) is 18.9 Å². The molecule has 0 unspecified atom stereocenters. The van der Waals surface area contributed by atoms with Crippen molar-refractivity contribution in [1.29, 1.82) is 0 Å². The van der Waals surface area contributed by atoms with E-state index in [2.05, 4.69) is 25.2 Å². The number of benzene rings is 1. The molecule has 7 nitrogen and oxygen atoms in total. The Morgan fingerprint density at radius 3 is 2.45 bits per heavy atom. The Morgan fingerprint density at radius 1 is 1.03 bits per heavy atom. The quantitative estimate of drug-likeness (QED) is 0.515. The number of nitrogens with zero attached hydrogens (tertiary/aromatic N) is 4. The van der Waals surface area contributed by atoms with E-state index in [9.17, 15) is 9.50 Å². The van der Waals surface area contributed by atoms with Crippen LogP contribution >= 0.6 is 0 Å². The molecule has 1 aromatic carbocycles. The smallest absolute Gasteiger partial charge is 0.232 e. The number of aromatic nitrogens is 3. The zero-order valence-corrected chi connectivity index (χ0v) is 17.0. The van der Waals surface area contributed by atoms with Gasteiger partial charge in [-0.25, -0.2) is 19.3 Å². The fourth-order valence-corrected chi connectivity index (χ4v) is 4.01. The van der Waals surface area contributed by atoms with E-state index in [0.717, 1.165) is 33.7 Å². The first-order valence-electron chi connectivity index (χ1n) is 10.2. The molecule has 0 amide bonds. The third kappa shape index (κ3) is 3.59. The zero-order valence-electron chi connectivity index (χ0n) is 17.0. The molecule has 1 aliphatic heterocycles. The molecule has 0 aliphatic carbocycles. The van der Waals surface area contributed by atoms with Crippen LogP contribution in [0.3, 0.4) is 0 Å². The summed E-state index contributed by atoms with van der Waals surface area (Å²) in [5, 5.41) is 13.7. The van der Waals surface area contributed by atoms with Crippen molar-refractivity contribution in [3.63, 3.8) is 0 Å². The van der Waals surface area contributed by atoms with Gasteiger partial charge in [0.2, 0.25) is 5.71 Å². The Balaban J connectivity index is 1.73. The topological polar surface area (TPSA) is 87.3 Å². The van der Waals surface area contributed by atoms with Gasteiger partial charge in [0.15, 0.2) is 0 Å². The fraction of sp³-hybridized carbons (Fsp3) is 0.261. The maximum absolute atomic E-state index is 13.7. The van der Waals surface area contributed by atoms with E-state index in [1.165, 1.54) is 18.5 Å². The molecule has 8 heteroatoms. The second-order valence-corrected chi connectivity index (χ2v) is 7.59. The lowest BCUT2D eigenvalue weighted by molar-refractivity contribution is 0.145. The molecule has 4 aromatic rings. The number of aliphatic hydroxyl groups is 1. The molecule has 3 aromatic heterocycles. The molecule has 158 valence electrons. The Morgan fingerprint density at radius 2 is 1.77 bits per heavy atom. The summed E-state index contributed by atoms with van der Waals surface area (Å²) in [6.45, 7) is 1.38. The molecule has 0 radical (unpaired) electrons. The average molecular weight is 419 g/mol. The number of hydrogen-bond donors (Lipinski definition) is 2. The predicted molar refractivity (Wildman–Crippen MR) is 117 cm³/mol. The van der Waals surface area contributed by atoms with E-state index < -0.39 is 0 Å². The molecule has 1 aliphatic rings. The van der Waals surface area contributed by atoms with Gasteiger partial charge in [-0.05, 0) is 42.7 Å². The first kappa shape index (κ1) is 19.4. The van der Waals surface area contributed by atoms with Gasteiger partial charge in [0.25, 0.3) is 0 Å². The highest BCUT2D eigenvalue weighted by atomic mass is 19.1. The van der Waals surface area contributed by atoms with Crippen LogP contribution in [-0.4, -0.2) is 46.3 Å². The standard InChI is InChI=1S/C23H22FN5O2/c1-25-18-7-4-15(12-26-18)21-19(14-2-5-16(24)6-3-14)20-22(27-13-28-23(20)31-21)29-10-8-17(30)9-11-29/h2-7,12-13,17,30H,8-11H2,1H3,(H,25,26). The van der Waals surface area contributed by atoms with Gasteiger partial charge in [-0.3, -0.25) is 0 Å². The summed E-state index contributed by atoms with van der Waals surface area (Å²) in [6.07, 6.45) is 4.30. The molecule has 1 fully saturated rings. The van der Waals surface area contributed by atoms with Crippen molar-refractivity contribution < 1.29 is 13.9 Å². The van der Waals surface area contributed by atoms with E-state index in [1.54, 1.807) is 18.3 Å². The fourth-order valence-electron chi connectivity index (χ4n) is 4.01. The third-order valence-corrected chi connectivity index (χ3v) is 5.65. The van der Waals surface area contributed by atoms with Crippen molar-refractivity contribution >= 4 is 22.7 Å². The monoisotopic (exact) mass is 419 g/mol. The minimum absolute atomic E-state index is 0.290. The van der Waals surface area contributed by atoms with Crippen LogP contribution in [0.15, 0.2) is 53.3 Å². The number of pyridine rings is 1. The molecule has 0 spiro atoms. The maximum Gasteiger partial charge on any atom is 0.232 e. The normalized spacial score (nSPS) is 14.9. The van der Waals surface area contributed by atoms with Crippen LogP contribution in [0.2, 0.25) is 0 Å².